The quantitative estimate of drug-likeness (QED) is 0.689. The van der Waals surface area contributed by atoms with Gasteiger partial charge in [0.15, 0.2) is 0 Å². The molecule has 0 heterocycles. The predicted molar refractivity (Wildman–Crippen MR) is 45.5 cm³/mol. The molecule has 0 aliphatic carbocycles. The number of Topliss-reactive ketones (excluding diaryl/α,β-unsaturated/α-hetero) is 1. The Balaban J connectivity index is 3.17. The summed E-state index contributed by atoms with van der Waals surface area (Å²) in [5.41, 5.74) is 0.227. The summed E-state index contributed by atoms with van der Waals surface area (Å²) in [7, 11) is 0. The van der Waals surface area contributed by atoms with E-state index in [-0.39, 0.29) is 17.8 Å². The van der Waals surface area contributed by atoms with Crippen LogP contribution in [0, 0.1) is 18.6 Å². The molecular formula is C10H10F2O. The number of halogens is 2. The molecule has 0 saturated carbocycles. The highest BCUT2D eigenvalue weighted by atomic mass is 19.1. The lowest BCUT2D eigenvalue weighted by Crippen LogP contribution is -2.04. The maximum absolute atomic E-state index is 13.2. The molecule has 0 aliphatic heterocycles. The third-order valence-corrected chi connectivity index (χ3v) is 1.80. The van der Waals surface area contributed by atoms with Crippen molar-refractivity contribution in [2.45, 2.75) is 20.3 Å². The number of hydrogen-bond acceptors (Lipinski definition) is 1. The third-order valence-electron chi connectivity index (χ3n) is 1.80. The molecule has 0 atom stereocenters. The fourth-order valence-corrected chi connectivity index (χ4v) is 1.13. The minimum absolute atomic E-state index is 0.132. The summed E-state index contributed by atoms with van der Waals surface area (Å²) in [6, 6.07) is 2.53. The molecular weight excluding hydrogens is 174 g/mol. The molecule has 0 aliphatic rings. The van der Waals surface area contributed by atoms with Gasteiger partial charge in [-0.25, -0.2) is 8.78 Å². The van der Waals surface area contributed by atoms with Crippen LogP contribution in [0.2, 0.25) is 0 Å². The van der Waals surface area contributed by atoms with Crippen molar-refractivity contribution in [3.63, 3.8) is 0 Å². The molecule has 70 valence electrons. The van der Waals surface area contributed by atoms with E-state index in [9.17, 15) is 13.6 Å². The molecule has 1 aromatic carbocycles. The number of carbonyl (C=O) groups excluding carboxylic acids is 1. The van der Waals surface area contributed by atoms with Crippen molar-refractivity contribution in [2.24, 2.45) is 0 Å². The first-order valence-corrected chi connectivity index (χ1v) is 3.95. The molecule has 0 fully saturated rings. The zero-order valence-corrected chi connectivity index (χ0v) is 7.53. The smallest absolute Gasteiger partial charge is 0.134 e. The lowest BCUT2D eigenvalue weighted by atomic mass is 10.1. The van der Waals surface area contributed by atoms with Crippen LogP contribution in [-0.4, -0.2) is 5.78 Å². The Kier molecular flexibility index (Phi) is 2.76. The molecule has 0 spiro atoms. The molecule has 0 N–H and O–H groups in total. The highest BCUT2D eigenvalue weighted by Gasteiger charge is 2.12. The largest absolute Gasteiger partial charge is 0.300 e. The van der Waals surface area contributed by atoms with Crippen LogP contribution in [0.15, 0.2) is 12.1 Å². The van der Waals surface area contributed by atoms with Crippen molar-refractivity contribution in [1.82, 2.24) is 0 Å². The van der Waals surface area contributed by atoms with Crippen LogP contribution in [0.5, 0.6) is 0 Å². The van der Waals surface area contributed by atoms with E-state index in [0.29, 0.717) is 5.56 Å². The first-order chi connectivity index (χ1) is 6.02. The number of benzene rings is 1. The van der Waals surface area contributed by atoms with Crippen molar-refractivity contribution in [2.75, 3.05) is 0 Å². The zero-order chi connectivity index (χ0) is 10.0. The lowest BCUT2D eigenvalue weighted by molar-refractivity contribution is -0.116. The number of ketones is 1. The van der Waals surface area contributed by atoms with Gasteiger partial charge in [-0.2, -0.15) is 0 Å². The molecule has 13 heavy (non-hydrogen) atoms. The second-order valence-electron chi connectivity index (χ2n) is 3.04. The standard InChI is InChI=1S/C10H10F2O/c1-6-3-4-9(11)8(10(6)12)5-7(2)13/h3-4H,5H2,1-2H3. The second-order valence-corrected chi connectivity index (χ2v) is 3.04. The van der Waals surface area contributed by atoms with Crippen LogP contribution in [-0.2, 0) is 11.2 Å². The van der Waals surface area contributed by atoms with E-state index in [0.717, 1.165) is 0 Å². The van der Waals surface area contributed by atoms with Crippen molar-refractivity contribution in [3.8, 4) is 0 Å². The van der Waals surface area contributed by atoms with E-state index >= 15 is 0 Å². The summed E-state index contributed by atoms with van der Waals surface area (Å²) in [6.45, 7) is 2.85. The van der Waals surface area contributed by atoms with Crippen LogP contribution in [0.1, 0.15) is 18.1 Å². The molecule has 0 amide bonds. The lowest BCUT2D eigenvalue weighted by Gasteiger charge is -2.04. The molecule has 0 radical (unpaired) electrons. The van der Waals surface area contributed by atoms with Gasteiger partial charge in [-0.05, 0) is 25.5 Å². The van der Waals surface area contributed by atoms with Crippen LogP contribution in [0.25, 0.3) is 0 Å². The summed E-state index contributed by atoms with van der Waals surface area (Å²) >= 11 is 0. The topological polar surface area (TPSA) is 17.1 Å². The normalized spacial score (nSPS) is 10.2. The van der Waals surface area contributed by atoms with E-state index in [4.69, 9.17) is 0 Å². The van der Waals surface area contributed by atoms with Gasteiger partial charge in [0.1, 0.15) is 17.4 Å². The van der Waals surface area contributed by atoms with Crippen molar-refractivity contribution in [1.29, 1.82) is 0 Å². The average Bonchev–Trinajstić information content (AvgIpc) is 2.05. The molecule has 1 rings (SSSR count). The maximum atomic E-state index is 13.2. The first-order valence-electron chi connectivity index (χ1n) is 3.95. The zero-order valence-electron chi connectivity index (χ0n) is 7.53. The highest BCUT2D eigenvalue weighted by molar-refractivity contribution is 5.78. The molecule has 0 bridgehead atoms. The summed E-state index contributed by atoms with van der Waals surface area (Å²) in [5.74, 6) is -1.52. The Morgan fingerprint density at radius 3 is 2.54 bits per heavy atom. The fraction of sp³-hybridized carbons (Fsp3) is 0.300. The Hall–Kier alpha value is -1.25. The highest BCUT2D eigenvalue weighted by Crippen LogP contribution is 2.16. The minimum Gasteiger partial charge on any atom is -0.300 e. The molecule has 0 unspecified atom stereocenters. The number of rotatable bonds is 2. The second kappa shape index (κ2) is 3.64. The van der Waals surface area contributed by atoms with Crippen molar-refractivity contribution >= 4 is 5.78 Å². The fourth-order valence-electron chi connectivity index (χ4n) is 1.13. The molecule has 0 saturated heterocycles. The van der Waals surface area contributed by atoms with E-state index < -0.39 is 11.6 Å². The van der Waals surface area contributed by atoms with E-state index in [1.165, 1.54) is 19.1 Å². The summed E-state index contributed by atoms with van der Waals surface area (Å²) in [4.78, 5) is 10.7. The summed E-state index contributed by atoms with van der Waals surface area (Å²) < 4.78 is 26.2. The van der Waals surface area contributed by atoms with Gasteiger partial charge in [0.25, 0.3) is 0 Å². The van der Waals surface area contributed by atoms with Crippen molar-refractivity contribution in [3.05, 3.63) is 34.9 Å². The first kappa shape index (κ1) is 9.84. The van der Waals surface area contributed by atoms with Crippen LogP contribution < -0.4 is 0 Å². The summed E-state index contributed by atoms with van der Waals surface area (Å²) in [5, 5.41) is 0. The number of carbonyl (C=O) groups is 1. The van der Waals surface area contributed by atoms with Crippen molar-refractivity contribution < 1.29 is 13.6 Å². The van der Waals surface area contributed by atoms with E-state index in [1.807, 2.05) is 0 Å². The van der Waals surface area contributed by atoms with Gasteiger partial charge in [0.05, 0.1) is 0 Å². The molecule has 1 nitrogen and oxygen atoms in total. The summed E-state index contributed by atoms with van der Waals surface area (Å²) in [6.07, 6.45) is -0.181. The van der Waals surface area contributed by atoms with E-state index in [2.05, 4.69) is 0 Å². The molecule has 3 heteroatoms. The molecule has 1 aromatic rings. The monoisotopic (exact) mass is 184 g/mol. The van der Waals surface area contributed by atoms with Gasteiger partial charge < -0.3 is 0 Å². The Morgan fingerprint density at radius 2 is 2.00 bits per heavy atom. The SMILES string of the molecule is CC(=O)Cc1c(F)ccc(C)c1F. The third kappa shape index (κ3) is 2.11. The van der Waals surface area contributed by atoms with Gasteiger partial charge in [-0.3, -0.25) is 4.79 Å². The average molecular weight is 184 g/mol. The van der Waals surface area contributed by atoms with Gasteiger partial charge in [-0.1, -0.05) is 6.07 Å². The van der Waals surface area contributed by atoms with Crippen LogP contribution in [0.4, 0.5) is 8.78 Å². The van der Waals surface area contributed by atoms with Crippen LogP contribution in [0.3, 0.4) is 0 Å². The Bertz CT molecular complexity index is 345. The maximum Gasteiger partial charge on any atom is 0.134 e. The van der Waals surface area contributed by atoms with Gasteiger partial charge in [0, 0.05) is 12.0 Å². The van der Waals surface area contributed by atoms with Crippen LogP contribution >= 0.6 is 0 Å². The Morgan fingerprint density at radius 1 is 1.38 bits per heavy atom. The number of aryl methyl sites for hydroxylation is 1. The minimum atomic E-state index is -0.654. The Labute approximate surface area is 75.4 Å². The van der Waals surface area contributed by atoms with Gasteiger partial charge in [-0.15, -0.1) is 0 Å². The molecule has 0 aromatic heterocycles. The van der Waals surface area contributed by atoms with Gasteiger partial charge >= 0.3 is 0 Å². The van der Waals surface area contributed by atoms with Gasteiger partial charge in [0.2, 0.25) is 0 Å². The van der Waals surface area contributed by atoms with E-state index in [1.54, 1.807) is 6.92 Å². The predicted octanol–water partition coefficient (Wildman–Crippen LogP) is 2.40. The number of hydrogen-bond donors (Lipinski definition) is 0.